The average Bonchev–Trinajstić information content (AvgIpc) is 3.36. The van der Waals surface area contributed by atoms with Gasteiger partial charge in [0.1, 0.15) is 24.2 Å². The molecule has 3 aliphatic rings. The molecule has 2 saturated carbocycles. The molecule has 0 spiro atoms. The normalized spacial score (nSPS) is 23.8. The van der Waals surface area contributed by atoms with Crippen LogP contribution < -0.4 is 9.47 Å². The molecule has 1 aromatic carbocycles. The lowest BCUT2D eigenvalue weighted by atomic mass is 9.83. The van der Waals surface area contributed by atoms with Crippen LogP contribution in [0, 0.1) is 35.0 Å². The number of allylic oxidation sites excluding steroid dienone is 1. The van der Waals surface area contributed by atoms with Gasteiger partial charge in [0.25, 0.3) is 0 Å². The molecule has 0 bridgehead atoms. The number of thioether (sulfide) groups is 2. The van der Waals surface area contributed by atoms with Crippen LogP contribution >= 0.6 is 23.5 Å². The molecule has 0 amide bonds. The third-order valence-corrected chi connectivity index (χ3v) is 10.4. The van der Waals surface area contributed by atoms with Crippen molar-refractivity contribution in [2.45, 2.75) is 88.9 Å². The SMILES string of the molecule is CC(C)=CCOC(=O)C(C#N)=C1Sc2c(OC(=O)C3CCC(C)CC3)ccc(OC(=O)C3CCC(C)CC3)c2S1. The molecule has 0 radical (unpaired) electrons. The Morgan fingerprint density at radius 3 is 1.70 bits per heavy atom. The molecule has 9 heteroatoms. The molecule has 1 aliphatic heterocycles. The van der Waals surface area contributed by atoms with Crippen LogP contribution in [0.4, 0.5) is 0 Å². The number of ether oxygens (including phenoxy) is 3. The summed E-state index contributed by atoms with van der Waals surface area (Å²) in [4.78, 5) is 40.0. The summed E-state index contributed by atoms with van der Waals surface area (Å²) in [7, 11) is 0. The molecule has 214 valence electrons. The number of nitrogens with zero attached hydrogens (tertiary/aromatic N) is 1. The molecule has 1 heterocycles. The number of benzene rings is 1. The van der Waals surface area contributed by atoms with Gasteiger partial charge >= 0.3 is 17.9 Å². The first-order chi connectivity index (χ1) is 19.2. The number of carbonyl (C=O) groups is 3. The molecule has 0 N–H and O–H groups in total. The fourth-order valence-electron chi connectivity index (χ4n) is 5.09. The Hall–Kier alpha value is -2.70. The number of nitriles is 1. The third kappa shape index (κ3) is 7.52. The second kappa shape index (κ2) is 13.8. The van der Waals surface area contributed by atoms with E-state index in [9.17, 15) is 19.6 Å². The highest BCUT2D eigenvalue weighted by atomic mass is 32.2. The maximum atomic E-state index is 13.1. The van der Waals surface area contributed by atoms with Crippen LogP contribution in [0.2, 0.25) is 0 Å². The molecule has 0 aromatic heterocycles. The van der Waals surface area contributed by atoms with Crippen molar-refractivity contribution in [3.63, 3.8) is 0 Å². The van der Waals surface area contributed by atoms with Gasteiger partial charge in [-0.05, 0) is 95.3 Å². The Morgan fingerprint density at radius 1 is 0.850 bits per heavy atom. The fraction of sp³-hybridized carbons (Fsp3) is 0.548. The lowest BCUT2D eigenvalue weighted by Gasteiger charge is -2.25. The summed E-state index contributed by atoms with van der Waals surface area (Å²) in [5.41, 5.74) is 0.860. The maximum Gasteiger partial charge on any atom is 0.350 e. The van der Waals surface area contributed by atoms with Gasteiger partial charge in [0.05, 0.1) is 25.9 Å². The van der Waals surface area contributed by atoms with Crippen LogP contribution in [0.5, 0.6) is 11.5 Å². The van der Waals surface area contributed by atoms with Crippen molar-refractivity contribution in [1.82, 2.24) is 0 Å². The number of hydrogen-bond acceptors (Lipinski definition) is 9. The minimum Gasteiger partial charge on any atom is -0.457 e. The Balaban J connectivity index is 1.60. The van der Waals surface area contributed by atoms with Crippen molar-refractivity contribution < 1.29 is 28.6 Å². The lowest BCUT2D eigenvalue weighted by molar-refractivity contribution is -0.141. The highest BCUT2D eigenvalue weighted by Crippen LogP contribution is 2.59. The third-order valence-electron chi connectivity index (χ3n) is 7.77. The van der Waals surface area contributed by atoms with Crippen LogP contribution in [0.1, 0.15) is 79.1 Å². The monoisotopic (exact) mass is 583 g/mol. The molecular weight excluding hydrogens is 546 g/mol. The van der Waals surface area contributed by atoms with Gasteiger partial charge in [-0.2, -0.15) is 5.26 Å². The molecule has 0 unspecified atom stereocenters. The Morgan fingerprint density at radius 2 is 1.30 bits per heavy atom. The zero-order chi connectivity index (χ0) is 28.8. The molecule has 4 rings (SSSR count). The number of rotatable bonds is 7. The van der Waals surface area contributed by atoms with Crippen molar-refractivity contribution in [2.24, 2.45) is 23.7 Å². The second-order valence-corrected chi connectivity index (χ2v) is 13.6. The first kappa shape index (κ1) is 30.3. The summed E-state index contributed by atoms with van der Waals surface area (Å²) in [6, 6.07) is 5.26. The standard InChI is InChI=1S/C31H37NO6S2/c1-18(2)15-16-36-30(35)23(17-32)31-39-26-24(37-28(33)21-9-5-19(3)6-10-21)13-14-25(27(26)40-31)38-29(34)22-11-7-20(4)8-12-22/h13-15,19-22H,5-12,16H2,1-4H3. The summed E-state index contributed by atoms with van der Waals surface area (Å²) < 4.78 is 17.5. The van der Waals surface area contributed by atoms with E-state index in [4.69, 9.17) is 14.2 Å². The zero-order valence-electron chi connectivity index (χ0n) is 23.6. The van der Waals surface area contributed by atoms with Crippen LogP contribution in [0.25, 0.3) is 0 Å². The van der Waals surface area contributed by atoms with E-state index < -0.39 is 5.97 Å². The van der Waals surface area contributed by atoms with Crippen molar-refractivity contribution in [3.05, 3.63) is 33.6 Å². The molecule has 40 heavy (non-hydrogen) atoms. The fourth-order valence-corrected chi connectivity index (χ4v) is 7.65. The van der Waals surface area contributed by atoms with E-state index in [0.717, 1.165) is 56.9 Å². The first-order valence-electron chi connectivity index (χ1n) is 14.1. The van der Waals surface area contributed by atoms with Crippen LogP contribution in [-0.2, 0) is 19.1 Å². The van der Waals surface area contributed by atoms with E-state index in [0.29, 0.717) is 37.4 Å². The summed E-state index contributed by atoms with van der Waals surface area (Å²) in [5, 5.41) is 9.84. The largest absolute Gasteiger partial charge is 0.457 e. The van der Waals surface area contributed by atoms with E-state index in [1.54, 1.807) is 18.2 Å². The van der Waals surface area contributed by atoms with Gasteiger partial charge < -0.3 is 14.2 Å². The summed E-state index contributed by atoms with van der Waals surface area (Å²) in [5.74, 6) is 0.288. The molecule has 7 nitrogen and oxygen atoms in total. The quantitative estimate of drug-likeness (QED) is 0.106. The highest BCUT2D eigenvalue weighted by Gasteiger charge is 2.34. The minimum atomic E-state index is -0.729. The van der Waals surface area contributed by atoms with E-state index in [2.05, 4.69) is 13.8 Å². The molecule has 1 aromatic rings. The average molecular weight is 584 g/mol. The van der Waals surface area contributed by atoms with Crippen LogP contribution in [-0.4, -0.2) is 24.5 Å². The number of fused-ring (bicyclic) bond motifs is 1. The van der Waals surface area contributed by atoms with Crippen molar-refractivity contribution in [3.8, 4) is 17.6 Å². The van der Waals surface area contributed by atoms with Gasteiger partial charge in [-0.1, -0.05) is 42.9 Å². The number of hydrogen-bond donors (Lipinski definition) is 0. The van der Waals surface area contributed by atoms with Crippen LogP contribution in [0.15, 0.2) is 43.4 Å². The topological polar surface area (TPSA) is 103 Å². The van der Waals surface area contributed by atoms with E-state index in [1.165, 1.54) is 23.5 Å². The van der Waals surface area contributed by atoms with Gasteiger partial charge in [0, 0.05) is 0 Å². The van der Waals surface area contributed by atoms with Gasteiger partial charge in [-0.15, -0.1) is 0 Å². The molecular formula is C31H37NO6S2. The van der Waals surface area contributed by atoms with Crippen molar-refractivity contribution >= 4 is 41.4 Å². The summed E-state index contributed by atoms with van der Waals surface area (Å²) in [6.45, 7) is 8.24. The Labute approximate surface area is 245 Å². The number of carbonyl (C=O) groups excluding carboxylic acids is 3. The predicted molar refractivity (Wildman–Crippen MR) is 155 cm³/mol. The van der Waals surface area contributed by atoms with E-state index >= 15 is 0 Å². The van der Waals surface area contributed by atoms with Gasteiger partial charge in [-0.25, -0.2) is 4.79 Å². The van der Waals surface area contributed by atoms with E-state index in [1.807, 2.05) is 19.9 Å². The molecule has 2 aliphatic carbocycles. The molecule has 0 saturated heterocycles. The maximum absolute atomic E-state index is 13.1. The van der Waals surface area contributed by atoms with Crippen LogP contribution in [0.3, 0.4) is 0 Å². The van der Waals surface area contributed by atoms with Crippen molar-refractivity contribution in [2.75, 3.05) is 6.61 Å². The molecule has 0 atom stereocenters. The second-order valence-electron chi connectivity index (χ2n) is 11.3. The Kier molecular flexibility index (Phi) is 10.4. The minimum absolute atomic E-state index is 0.0631. The first-order valence-corrected chi connectivity index (χ1v) is 15.7. The van der Waals surface area contributed by atoms with E-state index in [-0.39, 0.29) is 36.0 Å². The summed E-state index contributed by atoms with van der Waals surface area (Å²) >= 11 is 2.33. The van der Waals surface area contributed by atoms with Gasteiger partial charge in [0.15, 0.2) is 5.57 Å². The number of esters is 3. The predicted octanol–water partition coefficient (Wildman–Crippen LogP) is 7.59. The van der Waals surface area contributed by atoms with Crippen molar-refractivity contribution in [1.29, 1.82) is 5.26 Å². The lowest BCUT2D eigenvalue weighted by Crippen LogP contribution is -2.25. The smallest absolute Gasteiger partial charge is 0.350 e. The van der Waals surface area contributed by atoms with Gasteiger partial charge in [-0.3, -0.25) is 9.59 Å². The highest BCUT2D eigenvalue weighted by molar-refractivity contribution is 8.24. The summed E-state index contributed by atoms with van der Waals surface area (Å²) in [6.07, 6.45) is 8.89. The Bertz CT molecular complexity index is 1180. The zero-order valence-corrected chi connectivity index (χ0v) is 25.3. The van der Waals surface area contributed by atoms with Gasteiger partial charge in [0.2, 0.25) is 0 Å². The molecule has 2 fully saturated rings.